The van der Waals surface area contributed by atoms with Crippen LogP contribution < -0.4 is 10.6 Å². The standard InChI is InChI=1S/C26H26N4O5/c1-26(2,11-23(31)29-14-22-27-12-16(13-28-22)24(32)33)30-25(34)35-15-21-19-9-5-3-7-17(19)18-8-4-6-10-20(18)21/h3-10,12-13,21H,11,14-15H2,1-2H3,(H,29,31)(H,30,34)(H,32,33). The largest absolute Gasteiger partial charge is 0.478 e. The summed E-state index contributed by atoms with van der Waals surface area (Å²) in [5, 5.41) is 14.3. The second kappa shape index (κ2) is 9.92. The minimum Gasteiger partial charge on any atom is -0.478 e. The number of hydrogen-bond acceptors (Lipinski definition) is 6. The van der Waals surface area contributed by atoms with Crippen molar-refractivity contribution >= 4 is 18.0 Å². The molecule has 3 N–H and O–H groups in total. The molecule has 2 amide bonds. The Hall–Kier alpha value is -4.27. The van der Waals surface area contributed by atoms with Crippen LogP contribution in [0.3, 0.4) is 0 Å². The molecule has 1 aliphatic carbocycles. The van der Waals surface area contributed by atoms with Crippen LogP contribution in [-0.4, -0.2) is 45.2 Å². The van der Waals surface area contributed by atoms with Crippen molar-refractivity contribution in [2.45, 2.75) is 38.3 Å². The van der Waals surface area contributed by atoms with Gasteiger partial charge in [-0.05, 0) is 36.1 Å². The van der Waals surface area contributed by atoms with Crippen LogP contribution in [-0.2, 0) is 16.1 Å². The number of nitrogens with zero attached hydrogens (tertiary/aromatic N) is 2. The molecule has 1 aromatic heterocycles. The van der Waals surface area contributed by atoms with Crippen molar-refractivity contribution < 1.29 is 24.2 Å². The van der Waals surface area contributed by atoms with Crippen molar-refractivity contribution in [3.05, 3.63) is 83.4 Å². The number of amides is 2. The average molecular weight is 475 g/mol. The Morgan fingerprint density at radius 2 is 1.54 bits per heavy atom. The fourth-order valence-electron chi connectivity index (χ4n) is 4.15. The summed E-state index contributed by atoms with van der Waals surface area (Å²) in [7, 11) is 0. The monoisotopic (exact) mass is 474 g/mol. The Morgan fingerprint density at radius 1 is 0.971 bits per heavy atom. The molecule has 1 heterocycles. The van der Waals surface area contributed by atoms with E-state index >= 15 is 0 Å². The third-order valence-electron chi connectivity index (χ3n) is 5.78. The topological polar surface area (TPSA) is 131 Å². The van der Waals surface area contributed by atoms with Crippen molar-refractivity contribution in [3.63, 3.8) is 0 Å². The van der Waals surface area contributed by atoms with Crippen LogP contribution in [0.5, 0.6) is 0 Å². The highest BCUT2D eigenvalue weighted by Crippen LogP contribution is 2.44. The maximum absolute atomic E-state index is 12.6. The highest BCUT2D eigenvalue weighted by Gasteiger charge is 2.30. The first kappa shape index (κ1) is 23.9. The van der Waals surface area contributed by atoms with Crippen molar-refractivity contribution in [1.82, 2.24) is 20.6 Å². The van der Waals surface area contributed by atoms with E-state index in [9.17, 15) is 14.4 Å². The number of rotatable bonds is 8. The number of nitrogens with one attached hydrogen (secondary N) is 2. The highest BCUT2D eigenvalue weighted by molar-refractivity contribution is 5.86. The summed E-state index contributed by atoms with van der Waals surface area (Å²) in [5.74, 6) is -1.21. The van der Waals surface area contributed by atoms with E-state index in [0.717, 1.165) is 22.3 Å². The molecule has 0 atom stereocenters. The Kier molecular flexibility index (Phi) is 6.77. The number of aromatic nitrogens is 2. The van der Waals surface area contributed by atoms with Gasteiger partial charge in [-0.1, -0.05) is 48.5 Å². The SMILES string of the molecule is CC(C)(CC(=O)NCc1ncc(C(=O)O)cn1)NC(=O)OCC1c2ccccc2-c2ccccc21. The van der Waals surface area contributed by atoms with Crippen molar-refractivity contribution in [2.24, 2.45) is 0 Å². The number of ether oxygens (including phenoxy) is 1. The van der Waals surface area contributed by atoms with Crippen LogP contribution in [0.25, 0.3) is 11.1 Å². The third kappa shape index (κ3) is 5.63. The minimum atomic E-state index is -1.12. The molecule has 35 heavy (non-hydrogen) atoms. The highest BCUT2D eigenvalue weighted by atomic mass is 16.5. The van der Waals surface area contributed by atoms with Gasteiger partial charge in [0.15, 0.2) is 0 Å². The molecular weight excluding hydrogens is 448 g/mol. The number of fused-ring (bicyclic) bond motifs is 3. The molecule has 0 bridgehead atoms. The van der Waals surface area contributed by atoms with Gasteiger partial charge in [0.25, 0.3) is 0 Å². The summed E-state index contributed by atoms with van der Waals surface area (Å²) in [6.07, 6.45) is 1.76. The number of benzene rings is 2. The van der Waals surface area contributed by atoms with E-state index in [-0.39, 0.29) is 42.8 Å². The Morgan fingerprint density at radius 3 is 2.11 bits per heavy atom. The predicted molar refractivity (Wildman–Crippen MR) is 128 cm³/mol. The summed E-state index contributed by atoms with van der Waals surface area (Å²) in [6, 6.07) is 16.2. The van der Waals surface area contributed by atoms with Crippen LogP contribution in [0, 0.1) is 0 Å². The molecule has 1 aliphatic rings. The third-order valence-corrected chi connectivity index (χ3v) is 5.78. The fourth-order valence-corrected chi connectivity index (χ4v) is 4.15. The summed E-state index contributed by atoms with van der Waals surface area (Å²) in [5.41, 5.74) is 3.65. The molecule has 0 radical (unpaired) electrons. The molecule has 4 rings (SSSR count). The lowest BCUT2D eigenvalue weighted by Gasteiger charge is -2.25. The lowest BCUT2D eigenvalue weighted by Crippen LogP contribution is -2.47. The van der Waals surface area contributed by atoms with Crippen LogP contribution >= 0.6 is 0 Å². The number of aromatic carboxylic acids is 1. The van der Waals surface area contributed by atoms with Gasteiger partial charge >= 0.3 is 12.1 Å². The molecular formula is C26H26N4O5. The second-order valence-corrected chi connectivity index (χ2v) is 8.98. The van der Waals surface area contributed by atoms with Crippen LogP contribution in [0.15, 0.2) is 60.9 Å². The summed E-state index contributed by atoms with van der Waals surface area (Å²) in [6.45, 7) is 3.68. The first-order valence-corrected chi connectivity index (χ1v) is 11.2. The smallest absolute Gasteiger partial charge is 0.407 e. The molecule has 9 heteroatoms. The van der Waals surface area contributed by atoms with E-state index in [1.54, 1.807) is 13.8 Å². The molecule has 0 aliphatic heterocycles. The Bertz CT molecular complexity index is 1210. The molecule has 9 nitrogen and oxygen atoms in total. The van der Waals surface area contributed by atoms with Crippen molar-refractivity contribution in [2.75, 3.05) is 6.61 Å². The lowest BCUT2D eigenvalue weighted by atomic mass is 9.98. The normalized spacial score (nSPS) is 12.4. The van der Waals surface area contributed by atoms with Gasteiger partial charge < -0.3 is 20.5 Å². The lowest BCUT2D eigenvalue weighted by molar-refractivity contribution is -0.122. The fraction of sp³-hybridized carbons (Fsp3) is 0.269. The zero-order valence-electron chi connectivity index (χ0n) is 19.4. The maximum atomic E-state index is 12.6. The van der Waals surface area contributed by atoms with Gasteiger partial charge in [0.2, 0.25) is 5.91 Å². The van der Waals surface area contributed by atoms with Crippen LogP contribution in [0.4, 0.5) is 4.79 Å². The molecule has 0 spiro atoms. The van der Waals surface area contributed by atoms with Gasteiger partial charge in [0, 0.05) is 30.3 Å². The van der Waals surface area contributed by atoms with Crippen molar-refractivity contribution in [1.29, 1.82) is 0 Å². The first-order chi connectivity index (χ1) is 16.7. The number of alkyl carbamates (subject to hydrolysis) is 1. The maximum Gasteiger partial charge on any atom is 0.407 e. The van der Waals surface area contributed by atoms with Gasteiger partial charge in [-0.3, -0.25) is 4.79 Å². The molecule has 0 fully saturated rings. The second-order valence-electron chi connectivity index (χ2n) is 8.98. The number of carbonyl (C=O) groups excluding carboxylic acids is 2. The van der Waals surface area contributed by atoms with Crippen LogP contribution in [0.2, 0.25) is 0 Å². The molecule has 0 unspecified atom stereocenters. The van der Waals surface area contributed by atoms with Gasteiger partial charge in [0.1, 0.15) is 12.4 Å². The van der Waals surface area contributed by atoms with E-state index in [0.29, 0.717) is 0 Å². The number of hydrogen-bond donors (Lipinski definition) is 3. The van der Waals surface area contributed by atoms with E-state index in [2.05, 4.69) is 44.9 Å². The van der Waals surface area contributed by atoms with Gasteiger partial charge in [0.05, 0.1) is 12.1 Å². The predicted octanol–water partition coefficient (Wildman–Crippen LogP) is 3.50. The minimum absolute atomic E-state index is 0.00437. The van der Waals surface area contributed by atoms with E-state index in [4.69, 9.17) is 9.84 Å². The van der Waals surface area contributed by atoms with E-state index in [1.807, 2.05) is 24.3 Å². The molecule has 3 aromatic rings. The number of carbonyl (C=O) groups is 3. The number of carboxylic acid groups (broad SMARTS) is 1. The van der Waals surface area contributed by atoms with E-state index in [1.165, 1.54) is 12.4 Å². The first-order valence-electron chi connectivity index (χ1n) is 11.2. The number of carboxylic acids is 1. The van der Waals surface area contributed by atoms with Crippen LogP contribution in [0.1, 0.15) is 53.5 Å². The zero-order chi connectivity index (χ0) is 25.0. The quantitative estimate of drug-likeness (QED) is 0.455. The summed E-state index contributed by atoms with van der Waals surface area (Å²) < 4.78 is 5.57. The van der Waals surface area contributed by atoms with Gasteiger partial charge in [-0.15, -0.1) is 0 Å². The van der Waals surface area contributed by atoms with E-state index < -0.39 is 17.6 Å². The average Bonchev–Trinajstić information content (AvgIpc) is 3.15. The van der Waals surface area contributed by atoms with Crippen molar-refractivity contribution in [3.8, 4) is 11.1 Å². The molecule has 180 valence electrons. The van der Waals surface area contributed by atoms with Gasteiger partial charge in [-0.2, -0.15) is 0 Å². The molecule has 0 saturated heterocycles. The summed E-state index contributed by atoms with van der Waals surface area (Å²) in [4.78, 5) is 43.6. The molecule has 0 saturated carbocycles. The zero-order valence-corrected chi connectivity index (χ0v) is 19.4. The molecule has 2 aromatic carbocycles. The Balaban J connectivity index is 1.28. The Labute approximate surface area is 202 Å². The van der Waals surface area contributed by atoms with Gasteiger partial charge in [-0.25, -0.2) is 19.6 Å². The summed E-state index contributed by atoms with van der Waals surface area (Å²) >= 11 is 0.